The van der Waals surface area contributed by atoms with E-state index in [2.05, 4.69) is 17.6 Å². The molecule has 2 rings (SSSR count). The van der Waals surface area contributed by atoms with Crippen LogP contribution in [0.4, 0.5) is 4.39 Å². The van der Waals surface area contributed by atoms with Crippen LogP contribution in [0, 0.1) is 5.82 Å². The maximum atomic E-state index is 13.1. The Morgan fingerprint density at radius 2 is 2.40 bits per heavy atom. The molecule has 0 aromatic heterocycles. The highest BCUT2D eigenvalue weighted by atomic mass is 19.1. The second-order valence-corrected chi connectivity index (χ2v) is 3.91. The van der Waals surface area contributed by atoms with E-state index >= 15 is 0 Å². The van der Waals surface area contributed by atoms with Crippen LogP contribution in [0.1, 0.15) is 24.1 Å². The summed E-state index contributed by atoms with van der Waals surface area (Å²) in [6.07, 6.45) is 0.998. The van der Waals surface area contributed by atoms with Gasteiger partial charge in [0.2, 0.25) is 0 Å². The van der Waals surface area contributed by atoms with Crippen molar-refractivity contribution in [2.24, 2.45) is 0 Å². The summed E-state index contributed by atoms with van der Waals surface area (Å²) in [6.45, 7) is 4.87. The lowest BCUT2D eigenvalue weighted by atomic mass is 9.94. The average Bonchev–Trinajstić information content (AvgIpc) is 2.26. The molecular formula is C12H17FN2. The molecule has 2 N–H and O–H groups in total. The van der Waals surface area contributed by atoms with Gasteiger partial charge in [-0.1, -0.05) is 13.0 Å². The quantitative estimate of drug-likeness (QED) is 0.788. The minimum atomic E-state index is -0.140. The Hall–Kier alpha value is -0.930. The van der Waals surface area contributed by atoms with Crippen molar-refractivity contribution in [3.63, 3.8) is 0 Å². The fraction of sp³-hybridized carbons (Fsp3) is 0.500. The molecule has 0 amide bonds. The normalized spacial score (nSPS) is 20.0. The van der Waals surface area contributed by atoms with Gasteiger partial charge in [-0.3, -0.25) is 0 Å². The monoisotopic (exact) mass is 208 g/mol. The van der Waals surface area contributed by atoms with Crippen molar-refractivity contribution >= 4 is 0 Å². The number of halogens is 1. The van der Waals surface area contributed by atoms with Crippen LogP contribution in [-0.4, -0.2) is 19.6 Å². The van der Waals surface area contributed by atoms with E-state index in [0.29, 0.717) is 0 Å². The Bertz CT molecular complexity index is 338. The zero-order valence-corrected chi connectivity index (χ0v) is 9.02. The molecule has 1 atom stereocenters. The zero-order valence-electron chi connectivity index (χ0n) is 9.02. The van der Waals surface area contributed by atoms with Crippen LogP contribution in [0.2, 0.25) is 0 Å². The summed E-state index contributed by atoms with van der Waals surface area (Å²) in [5.74, 6) is -0.140. The van der Waals surface area contributed by atoms with E-state index in [1.807, 2.05) is 6.07 Å². The molecule has 15 heavy (non-hydrogen) atoms. The molecule has 1 aromatic carbocycles. The van der Waals surface area contributed by atoms with Crippen LogP contribution >= 0.6 is 0 Å². The maximum absolute atomic E-state index is 13.1. The molecule has 82 valence electrons. The summed E-state index contributed by atoms with van der Waals surface area (Å²) in [5, 5.41) is 6.70. The Labute approximate surface area is 89.9 Å². The molecule has 1 aliphatic rings. The SMILES string of the molecule is CCNCC1NCCc2ccc(F)cc21. The lowest BCUT2D eigenvalue weighted by Gasteiger charge is -2.27. The average molecular weight is 208 g/mol. The van der Waals surface area contributed by atoms with E-state index in [4.69, 9.17) is 0 Å². The number of benzene rings is 1. The molecule has 0 radical (unpaired) electrons. The zero-order chi connectivity index (χ0) is 10.7. The van der Waals surface area contributed by atoms with Gasteiger partial charge < -0.3 is 10.6 Å². The van der Waals surface area contributed by atoms with Crippen molar-refractivity contribution < 1.29 is 4.39 Å². The smallest absolute Gasteiger partial charge is 0.123 e. The van der Waals surface area contributed by atoms with E-state index in [9.17, 15) is 4.39 Å². The van der Waals surface area contributed by atoms with Crippen molar-refractivity contribution in [1.29, 1.82) is 0 Å². The van der Waals surface area contributed by atoms with Crippen LogP contribution in [-0.2, 0) is 6.42 Å². The van der Waals surface area contributed by atoms with Crippen LogP contribution in [0.5, 0.6) is 0 Å². The minimum absolute atomic E-state index is 0.140. The van der Waals surface area contributed by atoms with Gasteiger partial charge in [0.15, 0.2) is 0 Å². The summed E-state index contributed by atoms with van der Waals surface area (Å²) >= 11 is 0. The van der Waals surface area contributed by atoms with E-state index in [0.717, 1.165) is 31.6 Å². The second-order valence-electron chi connectivity index (χ2n) is 3.91. The first-order chi connectivity index (χ1) is 7.31. The van der Waals surface area contributed by atoms with Gasteiger partial charge in [0.25, 0.3) is 0 Å². The molecule has 3 heteroatoms. The number of likely N-dealkylation sites (N-methyl/N-ethyl adjacent to an activating group) is 1. The topological polar surface area (TPSA) is 24.1 Å². The third-order valence-electron chi connectivity index (χ3n) is 2.87. The highest BCUT2D eigenvalue weighted by Crippen LogP contribution is 2.23. The van der Waals surface area contributed by atoms with Gasteiger partial charge in [0.05, 0.1) is 0 Å². The fourth-order valence-electron chi connectivity index (χ4n) is 2.08. The number of nitrogens with one attached hydrogen (secondary N) is 2. The Morgan fingerprint density at radius 1 is 1.53 bits per heavy atom. The van der Waals surface area contributed by atoms with Crippen molar-refractivity contribution in [2.45, 2.75) is 19.4 Å². The first-order valence-corrected chi connectivity index (χ1v) is 5.53. The standard InChI is InChI=1S/C12H17FN2/c1-2-14-8-12-11-7-10(13)4-3-9(11)5-6-15-12/h3-4,7,12,14-15H,2,5-6,8H2,1H3. The molecule has 0 saturated heterocycles. The fourth-order valence-corrected chi connectivity index (χ4v) is 2.08. The first-order valence-electron chi connectivity index (χ1n) is 5.53. The molecule has 1 aliphatic heterocycles. The Kier molecular flexibility index (Phi) is 3.34. The molecule has 1 unspecified atom stereocenters. The lowest BCUT2D eigenvalue weighted by molar-refractivity contribution is 0.470. The number of rotatable bonds is 3. The van der Waals surface area contributed by atoms with Gasteiger partial charge in [0, 0.05) is 12.6 Å². The lowest BCUT2D eigenvalue weighted by Crippen LogP contribution is -2.36. The van der Waals surface area contributed by atoms with Gasteiger partial charge >= 0.3 is 0 Å². The molecule has 2 nitrogen and oxygen atoms in total. The van der Waals surface area contributed by atoms with E-state index in [-0.39, 0.29) is 11.9 Å². The summed E-state index contributed by atoms with van der Waals surface area (Å²) in [7, 11) is 0. The molecular weight excluding hydrogens is 191 g/mol. The Balaban J connectivity index is 2.20. The highest BCUT2D eigenvalue weighted by molar-refractivity contribution is 5.33. The highest BCUT2D eigenvalue weighted by Gasteiger charge is 2.19. The summed E-state index contributed by atoms with van der Waals surface area (Å²) in [4.78, 5) is 0. The maximum Gasteiger partial charge on any atom is 0.123 e. The van der Waals surface area contributed by atoms with Gasteiger partial charge in [-0.2, -0.15) is 0 Å². The van der Waals surface area contributed by atoms with E-state index in [1.54, 1.807) is 12.1 Å². The Morgan fingerprint density at radius 3 is 3.20 bits per heavy atom. The van der Waals surface area contributed by atoms with Gasteiger partial charge in [0.1, 0.15) is 5.82 Å². The van der Waals surface area contributed by atoms with Crippen LogP contribution in [0.25, 0.3) is 0 Å². The van der Waals surface area contributed by atoms with Crippen LogP contribution < -0.4 is 10.6 Å². The molecule has 1 heterocycles. The van der Waals surface area contributed by atoms with Crippen LogP contribution in [0.15, 0.2) is 18.2 Å². The van der Waals surface area contributed by atoms with Crippen molar-refractivity contribution in [1.82, 2.24) is 10.6 Å². The van der Waals surface area contributed by atoms with Gasteiger partial charge in [-0.15, -0.1) is 0 Å². The van der Waals surface area contributed by atoms with Gasteiger partial charge in [-0.25, -0.2) is 4.39 Å². The summed E-state index contributed by atoms with van der Waals surface area (Å²) in [5.41, 5.74) is 2.39. The third kappa shape index (κ3) is 2.36. The number of hydrogen-bond donors (Lipinski definition) is 2. The molecule has 0 spiro atoms. The van der Waals surface area contributed by atoms with Crippen LogP contribution in [0.3, 0.4) is 0 Å². The summed E-state index contributed by atoms with van der Waals surface area (Å²) in [6, 6.07) is 5.37. The molecule has 0 aliphatic carbocycles. The van der Waals surface area contributed by atoms with Crippen molar-refractivity contribution in [2.75, 3.05) is 19.6 Å². The molecule has 1 aromatic rings. The van der Waals surface area contributed by atoms with E-state index in [1.165, 1.54) is 5.56 Å². The predicted molar refractivity (Wildman–Crippen MR) is 59.4 cm³/mol. The van der Waals surface area contributed by atoms with Gasteiger partial charge in [-0.05, 0) is 42.8 Å². The summed E-state index contributed by atoms with van der Waals surface area (Å²) < 4.78 is 13.1. The number of fused-ring (bicyclic) bond motifs is 1. The first kappa shape index (κ1) is 10.6. The molecule has 0 bridgehead atoms. The van der Waals surface area contributed by atoms with Crippen molar-refractivity contribution in [3.8, 4) is 0 Å². The number of hydrogen-bond acceptors (Lipinski definition) is 2. The predicted octanol–water partition coefficient (Wildman–Crippen LogP) is 1.62. The van der Waals surface area contributed by atoms with Crippen molar-refractivity contribution in [3.05, 3.63) is 35.1 Å². The molecule has 0 fully saturated rings. The second kappa shape index (κ2) is 4.73. The van der Waals surface area contributed by atoms with E-state index < -0.39 is 0 Å². The molecule has 0 saturated carbocycles. The third-order valence-corrected chi connectivity index (χ3v) is 2.87. The minimum Gasteiger partial charge on any atom is -0.315 e. The largest absolute Gasteiger partial charge is 0.315 e.